The molecule has 0 aliphatic heterocycles. The van der Waals surface area contributed by atoms with Crippen LogP contribution in [0, 0.1) is 0 Å². The summed E-state index contributed by atoms with van der Waals surface area (Å²) in [7, 11) is 0. The molecule has 1 nitrogen and oxygen atoms in total. The molecular formula is C8H15NSSn. The number of hydrogen-bond donors (Lipinski definition) is 0. The van der Waals surface area contributed by atoms with Crippen molar-refractivity contribution in [2.45, 2.75) is 28.2 Å². The minimum absolute atomic E-state index is 1.09. The SMILES string of the molecule is CCc1n[c]([Sn]([CH3])([CH3])[CH3])cs1. The molecule has 1 aromatic rings. The van der Waals surface area contributed by atoms with E-state index in [0.29, 0.717) is 0 Å². The van der Waals surface area contributed by atoms with Gasteiger partial charge in [-0.25, -0.2) is 0 Å². The van der Waals surface area contributed by atoms with Crippen molar-refractivity contribution in [2.75, 3.05) is 0 Å². The Hall–Kier alpha value is 0.429. The second-order valence-electron chi connectivity index (χ2n) is 3.73. The second kappa shape index (κ2) is 3.44. The van der Waals surface area contributed by atoms with E-state index in [-0.39, 0.29) is 0 Å². The molecule has 11 heavy (non-hydrogen) atoms. The molecule has 0 fully saturated rings. The summed E-state index contributed by atoms with van der Waals surface area (Å²) < 4.78 is 1.43. The third kappa shape index (κ3) is 2.44. The molecule has 1 rings (SSSR count). The Kier molecular flexibility index (Phi) is 2.97. The number of rotatable bonds is 2. The van der Waals surface area contributed by atoms with Crippen LogP contribution in [0.1, 0.15) is 11.9 Å². The molecule has 1 heterocycles. The summed E-state index contributed by atoms with van der Waals surface area (Å²) in [5, 5.41) is 3.56. The fourth-order valence-corrected chi connectivity index (χ4v) is 6.89. The summed E-state index contributed by atoms with van der Waals surface area (Å²) in [4.78, 5) is 11.8. The van der Waals surface area contributed by atoms with Crippen molar-refractivity contribution < 1.29 is 0 Å². The fraction of sp³-hybridized carbons (Fsp3) is 0.625. The zero-order chi connectivity index (χ0) is 8.48. The summed E-state index contributed by atoms with van der Waals surface area (Å²) in [5.74, 6) is 0. The van der Waals surface area contributed by atoms with E-state index in [1.54, 1.807) is 0 Å². The number of hydrogen-bond acceptors (Lipinski definition) is 2. The van der Waals surface area contributed by atoms with Crippen molar-refractivity contribution in [3.05, 3.63) is 10.4 Å². The van der Waals surface area contributed by atoms with E-state index in [0.717, 1.165) is 6.42 Å². The van der Waals surface area contributed by atoms with Crippen LogP contribution in [0.3, 0.4) is 0 Å². The van der Waals surface area contributed by atoms with Gasteiger partial charge in [-0.15, -0.1) is 0 Å². The molecule has 0 saturated heterocycles. The van der Waals surface area contributed by atoms with Crippen LogP contribution >= 0.6 is 11.3 Å². The minimum atomic E-state index is -1.82. The van der Waals surface area contributed by atoms with E-state index >= 15 is 0 Å². The van der Waals surface area contributed by atoms with Crippen LogP contribution in [-0.4, -0.2) is 23.4 Å². The molecule has 0 aromatic carbocycles. The van der Waals surface area contributed by atoms with Crippen molar-refractivity contribution in [1.29, 1.82) is 0 Å². The Labute approximate surface area is 76.7 Å². The Bertz CT molecular complexity index is 236. The monoisotopic (exact) mass is 277 g/mol. The van der Waals surface area contributed by atoms with Crippen molar-refractivity contribution in [1.82, 2.24) is 4.98 Å². The Morgan fingerprint density at radius 3 is 2.36 bits per heavy atom. The molecule has 0 N–H and O–H groups in total. The second-order valence-corrected chi connectivity index (χ2v) is 19.0. The van der Waals surface area contributed by atoms with Gasteiger partial charge >= 0.3 is 77.0 Å². The molecule has 3 heteroatoms. The van der Waals surface area contributed by atoms with E-state index in [9.17, 15) is 0 Å². The number of thiazole rings is 1. The van der Waals surface area contributed by atoms with Gasteiger partial charge in [0.25, 0.3) is 0 Å². The summed E-state index contributed by atoms with van der Waals surface area (Å²) >= 11 is 0.00142. The molecule has 0 spiro atoms. The average molecular weight is 276 g/mol. The van der Waals surface area contributed by atoms with Crippen LogP contribution in [0.15, 0.2) is 5.38 Å². The predicted molar refractivity (Wildman–Crippen MR) is 54.5 cm³/mol. The van der Waals surface area contributed by atoms with Gasteiger partial charge in [0, 0.05) is 0 Å². The molecular weight excluding hydrogens is 261 g/mol. The van der Waals surface area contributed by atoms with E-state index in [4.69, 9.17) is 0 Å². The number of nitrogens with zero attached hydrogens (tertiary/aromatic N) is 1. The van der Waals surface area contributed by atoms with Crippen LogP contribution in [-0.2, 0) is 6.42 Å². The van der Waals surface area contributed by atoms with E-state index in [1.165, 1.54) is 8.72 Å². The molecule has 0 atom stereocenters. The first-order chi connectivity index (χ1) is 5.04. The number of aryl methyl sites for hydroxylation is 1. The first-order valence-corrected chi connectivity index (χ1v) is 14.9. The van der Waals surface area contributed by atoms with Gasteiger partial charge in [0.05, 0.1) is 0 Å². The van der Waals surface area contributed by atoms with Crippen molar-refractivity contribution in [3.63, 3.8) is 0 Å². The Balaban J connectivity index is 2.89. The Morgan fingerprint density at radius 1 is 1.45 bits per heavy atom. The molecule has 0 saturated carbocycles. The maximum absolute atomic E-state index is 4.61. The molecule has 0 amide bonds. The van der Waals surface area contributed by atoms with Crippen LogP contribution in [0.2, 0.25) is 14.8 Å². The third-order valence-electron chi connectivity index (χ3n) is 1.62. The zero-order valence-electron chi connectivity index (χ0n) is 7.64. The molecule has 0 radical (unpaired) electrons. The van der Waals surface area contributed by atoms with Gasteiger partial charge in [-0.3, -0.25) is 0 Å². The molecule has 0 aliphatic carbocycles. The van der Waals surface area contributed by atoms with Crippen molar-refractivity contribution >= 4 is 33.4 Å². The van der Waals surface area contributed by atoms with Gasteiger partial charge in [-0.2, -0.15) is 0 Å². The molecule has 0 bridgehead atoms. The molecule has 62 valence electrons. The Morgan fingerprint density at radius 2 is 2.09 bits per heavy atom. The van der Waals surface area contributed by atoms with Crippen LogP contribution in [0.4, 0.5) is 0 Å². The quantitative estimate of drug-likeness (QED) is 0.755. The maximum atomic E-state index is 4.61. The van der Waals surface area contributed by atoms with Crippen LogP contribution < -0.4 is 3.71 Å². The third-order valence-corrected chi connectivity index (χ3v) is 8.33. The zero-order valence-corrected chi connectivity index (χ0v) is 11.3. The first-order valence-electron chi connectivity index (χ1n) is 3.99. The van der Waals surface area contributed by atoms with E-state index in [1.807, 2.05) is 11.3 Å². The topological polar surface area (TPSA) is 12.9 Å². The summed E-state index contributed by atoms with van der Waals surface area (Å²) in [6, 6.07) is 0. The average Bonchev–Trinajstić information content (AvgIpc) is 2.32. The molecule has 0 aliphatic rings. The number of aromatic nitrogens is 1. The predicted octanol–water partition coefficient (Wildman–Crippen LogP) is 2.25. The standard InChI is InChI=1S/C5H6NS.3CH3.Sn/c1-2-5-6-3-4-7-5;;;;/h4H,2H2,1H3;3*1H3;. The van der Waals surface area contributed by atoms with Crippen molar-refractivity contribution in [2.24, 2.45) is 0 Å². The van der Waals surface area contributed by atoms with Gasteiger partial charge in [-0.1, -0.05) is 0 Å². The van der Waals surface area contributed by atoms with Gasteiger partial charge in [0.2, 0.25) is 0 Å². The summed E-state index contributed by atoms with van der Waals surface area (Å²) in [5.41, 5.74) is 0. The fourth-order valence-electron chi connectivity index (χ4n) is 0.818. The normalized spacial score (nSPS) is 12.0. The van der Waals surface area contributed by atoms with Gasteiger partial charge in [0.15, 0.2) is 0 Å². The molecule has 1 aromatic heterocycles. The van der Waals surface area contributed by atoms with Gasteiger partial charge in [-0.05, 0) is 0 Å². The van der Waals surface area contributed by atoms with Crippen molar-refractivity contribution in [3.8, 4) is 0 Å². The van der Waals surface area contributed by atoms with Crippen LogP contribution in [0.25, 0.3) is 0 Å². The van der Waals surface area contributed by atoms with Gasteiger partial charge in [0.1, 0.15) is 0 Å². The summed E-state index contributed by atoms with van der Waals surface area (Å²) in [6.07, 6.45) is 1.09. The van der Waals surface area contributed by atoms with E-state index < -0.39 is 18.4 Å². The van der Waals surface area contributed by atoms with Crippen LogP contribution in [0.5, 0.6) is 0 Å². The van der Waals surface area contributed by atoms with Gasteiger partial charge < -0.3 is 0 Å². The molecule has 0 unspecified atom stereocenters. The summed E-state index contributed by atoms with van der Waals surface area (Å²) in [6.45, 7) is 2.17. The first kappa shape index (κ1) is 9.52. The van der Waals surface area contributed by atoms with E-state index in [2.05, 4.69) is 32.1 Å².